The molecular weight excluding hydrogens is 308 g/mol. The van der Waals surface area contributed by atoms with Crippen LogP contribution < -0.4 is 11.4 Å². The normalized spacial score (nSPS) is 12.5. The molecule has 2 aromatic rings. The van der Waals surface area contributed by atoms with Gasteiger partial charge in [0.15, 0.2) is 6.23 Å². The number of hydrogen-bond acceptors (Lipinski definition) is 5. The number of nitrogen functional groups attached to an aromatic ring is 1. The van der Waals surface area contributed by atoms with Gasteiger partial charge >= 0.3 is 5.69 Å². The molecule has 0 saturated heterocycles. The molecule has 0 radical (unpaired) electrons. The molecule has 0 bridgehead atoms. The number of ether oxygens (including phenoxy) is 2. The van der Waals surface area contributed by atoms with Gasteiger partial charge in [-0.1, -0.05) is 30.3 Å². The topological polar surface area (TPSA) is 79.4 Å². The molecule has 2 N–H and O–H groups in total. The van der Waals surface area contributed by atoms with E-state index in [-0.39, 0.29) is 19.0 Å². The van der Waals surface area contributed by atoms with E-state index >= 15 is 0 Å². The van der Waals surface area contributed by atoms with E-state index in [1.54, 1.807) is 0 Å². The summed E-state index contributed by atoms with van der Waals surface area (Å²) in [6.07, 6.45) is -3.48. The van der Waals surface area contributed by atoms with Gasteiger partial charge in [-0.25, -0.2) is 13.6 Å². The van der Waals surface area contributed by atoms with Crippen molar-refractivity contribution >= 4 is 5.82 Å². The Balaban J connectivity index is 1.84. The number of aromatic nitrogens is 2. The molecule has 0 saturated carbocycles. The molecule has 1 heterocycles. The Kier molecular flexibility index (Phi) is 6.19. The highest BCUT2D eigenvalue weighted by Gasteiger charge is 2.24. The number of hydrogen-bond donors (Lipinski definition) is 1. The molecule has 0 amide bonds. The molecule has 1 aromatic carbocycles. The first-order chi connectivity index (χ1) is 11.1. The van der Waals surface area contributed by atoms with E-state index in [0.717, 1.165) is 11.8 Å². The second kappa shape index (κ2) is 8.35. The molecule has 124 valence electrons. The number of anilines is 1. The third kappa shape index (κ3) is 5.11. The van der Waals surface area contributed by atoms with Crippen LogP contribution in [0.3, 0.4) is 0 Å². The summed E-state index contributed by atoms with van der Waals surface area (Å²) in [6.45, 7) is 0.390. The summed E-state index contributed by atoms with van der Waals surface area (Å²) in [5.74, 6) is -0.0366. The van der Waals surface area contributed by atoms with E-state index < -0.39 is 18.3 Å². The fraction of sp³-hybridized carbons (Fsp3) is 0.333. The largest absolute Gasteiger partial charge is 0.383 e. The van der Waals surface area contributed by atoms with Crippen molar-refractivity contribution in [3.8, 4) is 0 Å². The quantitative estimate of drug-likeness (QED) is 0.749. The van der Waals surface area contributed by atoms with Gasteiger partial charge in [-0.2, -0.15) is 4.98 Å². The molecule has 1 atom stereocenters. The molecule has 23 heavy (non-hydrogen) atoms. The van der Waals surface area contributed by atoms with Crippen LogP contribution in [-0.4, -0.2) is 29.2 Å². The lowest BCUT2D eigenvalue weighted by molar-refractivity contribution is -0.113. The molecule has 0 aliphatic rings. The van der Waals surface area contributed by atoms with E-state index in [4.69, 9.17) is 15.2 Å². The van der Waals surface area contributed by atoms with E-state index in [1.807, 2.05) is 30.3 Å². The van der Waals surface area contributed by atoms with E-state index in [0.29, 0.717) is 11.2 Å². The van der Waals surface area contributed by atoms with Crippen molar-refractivity contribution < 1.29 is 18.3 Å². The van der Waals surface area contributed by atoms with Gasteiger partial charge in [-0.15, -0.1) is 0 Å². The highest BCUT2D eigenvalue weighted by Crippen LogP contribution is 2.16. The van der Waals surface area contributed by atoms with Crippen molar-refractivity contribution in [2.24, 2.45) is 0 Å². The van der Waals surface area contributed by atoms with Crippen LogP contribution in [0.5, 0.6) is 0 Å². The zero-order valence-electron chi connectivity index (χ0n) is 12.3. The predicted molar refractivity (Wildman–Crippen MR) is 80.0 cm³/mol. The monoisotopic (exact) mass is 325 g/mol. The Morgan fingerprint density at radius 1 is 1.17 bits per heavy atom. The van der Waals surface area contributed by atoms with E-state index in [1.165, 1.54) is 6.07 Å². The highest BCUT2D eigenvalue weighted by molar-refractivity contribution is 5.23. The molecule has 1 unspecified atom stereocenters. The summed E-state index contributed by atoms with van der Waals surface area (Å²) in [4.78, 5) is 15.0. The van der Waals surface area contributed by atoms with Crippen LogP contribution in [0.2, 0.25) is 0 Å². The Labute approximate surface area is 131 Å². The lowest BCUT2D eigenvalue weighted by Crippen LogP contribution is -2.33. The third-order valence-electron chi connectivity index (χ3n) is 2.97. The summed E-state index contributed by atoms with van der Waals surface area (Å²) in [5.41, 5.74) is 5.41. The summed E-state index contributed by atoms with van der Waals surface area (Å²) in [6, 6.07) is 10.7. The smallest absolute Gasteiger partial charge is 0.351 e. The van der Waals surface area contributed by atoms with Gasteiger partial charge in [0, 0.05) is 6.20 Å². The van der Waals surface area contributed by atoms with Crippen LogP contribution in [0, 0.1) is 0 Å². The van der Waals surface area contributed by atoms with Crippen LogP contribution in [0.4, 0.5) is 14.6 Å². The maximum absolute atomic E-state index is 13.1. The zero-order chi connectivity index (χ0) is 16.7. The van der Waals surface area contributed by atoms with Crippen LogP contribution in [0.15, 0.2) is 47.4 Å². The van der Waals surface area contributed by atoms with Gasteiger partial charge in [0.25, 0.3) is 6.43 Å². The van der Waals surface area contributed by atoms with Gasteiger partial charge in [-0.05, 0) is 11.6 Å². The van der Waals surface area contributed by atoms with Gasteiger partial charge in [0.05, 0.1) is 19.8 Å². The minimum atomic E-state index is -2.88. The summed E-state index contributed by atoms with van der Waals surface area (Å²) in [7, 11) is 0. The molecular formula is C15H17F2N3O3. The average Bonchev–Trinajstić information content (AvgIpc) is 2.52. The number of alkyl halides is 2. The van der Waals surface area contributed by atoms with Crippen molar-refractivity contribution in [1.29, 1.82) is 0 Å². The molecule has 0 aliphatic heterocycles. The Bertz CT molecular complexity index is 665. The minimum Gasteiger partial charge on any atom is -0.383 e. The predicted octanol–water partition coefficient (Wildman–Crippen LogP) is 1.82. The zero-order valence-corrected chi connectivity index (χ0v) is 12.3. The average molecular weight is 325 g/mol. The molecule has 0 fully saturated rings. The van der Waals surface area contributed by atoms with Crippen LogP contribution >= 0.6 is 0 Å². The molecule has 6 nitrogen and oxygen atoms in total. The summed E-state index contributed by atoms with van der Waals surface area (Å²) < 4.78 is 37.2. The Morgan fingerprint density at radius 2 is 1.91 bits per heavy atom. The van der Waals surface area contributed by atoms with Crippen LogP contribution in [-0.2, 0) is 16.1 Å². The van der Waals surface area contributed by atoms with Gasteiger partial charge in [-0.3, -0.25) is 4.57 Å². The first-order valence-electron chi connectivity index (χ1n) is 6.94. The Hall–Kier alpha value is -2.32. The fourth-order valence-corrected chi connectivity index (χ4v) is 1.89. The molecule has 8 heteroatoms. The van der Waals surface area contributed by atoms with Crippen LogP contribution in [0.1, 0.15) is 11.8 Å². The highest BCUT2D eigenvalue weighted by atomic mass is 19.3. The number of nitrogens with two attached hydrogens (primary N) is 1. The van der Waals surface area contributed by atoms with Crippen molar-refractivity contribution in [1.82, 2.24) is 9.55 Å². The van der Waals surface area contributed by atoms with Crippen molar-refractivity contribution in [2.75, 3.05) is 18.9 Å². The van der Waals surface area contributed by atoms with Crippen molar-refractivity contribution in [2.45, 2.75) is 19.3 Å². The maximum atomic E-state index is 13.1. The number of nitrogens with zero attached hydrogens (tertiary/aromatic N) is 2. The van der Waals surface area contributed by atoms with Gasteiger partial charge in [0.1, 0.15) is 5.82 Å². The van der Waals surface area contributed by atoms with Crippen molar-refractivity contribution in [3.63, 3.8) is 0 Å². The minimum absolute atomic E-state index is 0.0366. The van der Waals surface area contributed by atoms with E-state index in [9.17, 15) is 13.6 Å². The maximum Gasteiger partial charge on any atom is 0.351 e. The molecule has 0 spiro atoms. The lowest BCUT2D eigenvalue weighted by atomic mass is 10.2. The van der Waals surface area contributed by atoms with E-state index in [2.05, 4.69) is 4.98 Å². The molecule has 1 aromatic heterocycles. The van der Waals surface area contributed by atoms with Crippen molar-refractivity contribution in [3.05, 3.63) is 58.6 Å². The van der Waals surface area contributed by atoms with Crippen LogP contribution in [0.25, 0.3) is 0 Å². The van der Waals surface area contributed by atoms with Gasteiger partial charge in [0.2, 0.25) is 0 Å². The number of rotatable bonds is 8. The number of benzene rings is 1. The summed E-state index contributed by atoms with van der Waals surface area (Å²) in [5, 5.41) is 0. The second-order valence-electron chi connectivity index (χ2n) is 4.68. The standard InChI is InChI=1S/C15H17F2N3O3/c16-13(17)14(20-7-6-12(18)19-15(20)21)23-9-8-22-10-11-4-2-1-3-5-11/h1-7,13-14H,8-10H2,(H2,18,19,21). The van der Waals surface area contributed by atoms with Gasteiger partial charge < -0.3 is 15.2 Å². The third-order valence-corrected chi connectivity index (χ3v) is 2.97. The SMILES string of the molecule is Nc1ccn(C(OCCOCc2ccccc2)C(F)F)c(=O)n1. The second-order valence-corrected chi connectivity index (χ2v) is 4.68. The lowest BCUT2D eigenvalue weighted by Gasteiger charge is -2.19. The first-order valence-corrected chi connectivity index (χ1v) is 6.94. The Morgan fingerprint density at radius 3 is 2.57 bits per heavy atom. The summed E-state index contributed by atoms with van der Waals surface area (Å²) >= 11 is 0. The molecule has 2 rings (SSSR count). The first kappa shape index (κ1) is 17.0. The fourth-order valence-electron chi connectivity index (χ4n) is 1.89. The number of halogens is 2. The molecule has 0 aliphatic carbocycles.